The molecule has 3 aromatic rings. The minimum Gasteiger partial charge on any atom is -0.464 e. The molecule has 24 heavy (non-hydrogen) atoms. The first-order valence-electron chi connectivity index (χ1n) is 8.03. The van der Waals surface area contributed by atoms with Gasteiger partial charge in [0.2, 0.25) is 0 Å². The van der Waals surface area contributed by atoms with Gasteiger partial charge in [-0.25, -0.2) is 14.6 Å². The average molecular weight is 327 g/mol. The first-order valence-corrected chi connectivity index (χ1v) is 8.03. The van der Waals surface area contributed by atoms with E-state index in [0.29, 0.717) is 13.2 Å². The molecule has 2 aliphatic rings. The van der Waals surface area contributed by atoms with E-state index in [1.165, 1.54) is 6.33 Å². The fourth-order valence-corrected chi connectivity index (χ4v) is 3.45. The summed E-state index contributed by atoms with van der Waals surface area (Å²) in [4.78, 5) is 10.7. The van der Waals surface area contributed by atoms with Crippen LogP contribution in [-0.4, -0.2) is 58.3 Å². The average Bonchev–Trinajstić information content (AvgIpc) is 3.33. The van der Waals surface area contributed by atoms with Gasteiger partial charge in [0.05, 0.1) is 24.9 Å². The Morgan fingerprint density at radius 1 is 1.08 bits per heavy atom. The molecule has 0 radical (unpaired) electrons. The molecule has 0 bridgehead atoms. The van der Waals surface area contributed by atoms with Gasteiger partial charge >= 0.3 is 0 Å². The number of hydrogen-bond acceptors (Lipinski definition) is 7. The summed E-state index contributed by atoms with van der Waals surface area (Å²) < 4.78 is 19.5. The van der Waals surface area contributed by atoms with Crippen molar-refractivity contribution in [3.8, 4) is 0 Å². The predicted molar refractivity (Wildman–Crippen MR) is 84.8 cm³/mol. The van der Waals surface area contributed by atoms with Crippen molar-refractivity contribution in [1.29, 1.82) is 0 Å². The Bertz CT molecular complexity index is 817. The number of furan rings is 1. The van der Waals surface area contributed by atoms with Crippen LogP contribution in [0.5, 0.6) is 0 Å². The molecular formula is C16H17N5O3. The molecule has 3 aromatic heterocycles. The molecule has 2 saturated heterocycles. The zero-order valence-corrected chi connectivity index (χ0v) is 13.0. The highest BCUT2D eigenvalue weighted by molar-refractivity contribution is 5.88. The molecule has 8 heteroatoms. The molecule has 8 nitrogen and oxygen atoms in total. The van der Waals surface area contributed by atoms with Crippen LogP contribution >= 0.6 is 0 Å². The Morgan fingerprint density at radius 3 is 2.67 bits per heavy atom. The number of ether oxygens (including phenoxy) is 2. The maximum Gasteiger partial charge on any atom is 0.139 e. The van der Waals surface area contributed by atoms with E-state index in [1.54, 1.807) is 23.5 Å². The standard InChI is InChI=1S/C16H17N5O3/c1-3-18-16(12-2-4-22-13(1)12)20-5-14-15(6-20)24-8-11(7-23-14)21-10-17-9-19-21/h1-4,9-11,14-15H,5-8H2/t14-,15-/m0/s1. The van der Waals surface area contributed by atoms with E-state index in [2.05, 4.69) is 20.0 Å². The molecule has 0 unspecified atom stereocenters. The molecule has 0 aliphatic carbocycles. The number of nitrogens with zero attached hydrogens (tertiary/aromatic N) is 5. The molecule has 0 N–H and O–H groups in total. The van der Waals surface area contributed by atoms with Crippen LogP contribution in [-0.2, 0) is 9.47 Å². The van der Waals surface area contributed by atoms with E-state index in [9.17, 15) is 0 Å². The van der Waals surface area contributed by atoms with Crippen LogP contribution < -0.4 is 4.90 Å². The first kappa shape index (κ1) is 13.9. The van der Waals surface area contributed by atoms with Crippen molar-refractivity contribution < 1.29 is 13.9 Å². The van der Waals surface area contributed by atoms with E-state index in [1.807, 2.05) is 12.1 Å². The fourth-order valence-electron chi connectivity index (χ4n) is 3.45. The molecule has 5 rings (SSSR count). The van der Waals surface area contributed by atoms with Gasteiger partial charge in [0, 0.05) is 19.3 Å². The Kier molecular flexibility index (Phi) is 3.24. The maximum atomic E-state index is 6.10. The normalized spacial score (nSPS) is 25.1. The molecule has 124 valence electrons. The van der Waals surface area contributed by atoms with Crippen LogP contribution in [0.25, 0.3) is 11.0 Å². The lowest BCUT2D eigenvalue weighted by Crippen LogP contribution is -2.27. The van der Waals surface area contributed by atoms with Crippen LogP contribution in [0.3, 0.4) is 0 Å². The van der Waals surface area contributed by atoms with Crippen LogP contribution in [0.4, 0.5) is 5.82 Å². The van der Waals surface area contributed by atoms with Crippen LogP contribution in [0.2, 0.25) is 0 Å². The van der Waals surface area contributed by atoms with E-state index < -0.39 is 0 Å². The molecule has 2 atom stereocenters. The second-order valence-electron chi connectivity index (χ2n) is 6.14. The topological polar surface area (TPSA) is 78.4 Å². The smallest absolute Gasteiger partial charge is 0.139 e. The summed E-state index contributed by atoms with van der Waals surface area (Å²) in [7, 11) is 0. The Balaban J connectivity index is 1.34. The Morgan fingerprint density at radius 2 is 1.92 bits per heavy atom. The van der Waals surface area contributed by atoms with Gasteiger partial charge in [0.1, 0.15) is 42.3 Å². The Hall–Kier alpha value is -2.45. The summed E-state index contributed by atoms with van der Waals surface area (Å²) in [6.07, 6.45) is 6.77. The number of pyridine rings is 1. The number of rotatable bonds is 2. The predicted octanol–water partition coefficient (Wildman–Crippen LogP) is 1.26. The lowest BCUT2D eigenvalue weighted by molar-refractivity contribution is -0.00461. The van der Waals surface area contributed by atoms with Gasteiger partial charge in [-0.05, 0) is 12.1 Å². The monoisotopic (exact) mass is 327 g/mol. The maximum absolute atomic E-state index is 6.10. The molecule has 0 saturated carbocycles. The second kappa shape index (κ2) is 5.57. The molecule has 2 aliphatic heterocycles. The van der Waals surface area contributed by atoms with Gasteiger partial charge < -0.3 is 18.8 Å². The van der Waals surface area contributed by atoms with E-state index in [0.717, 1.165) is 29.9 Å². The molecule has 5 heterocycles. The summed E-state index contributed by atoms with van der Waals surface area (Å²) >= 11 is 0. The first-order chi connectivity index (χ1) is 11.9. The molecular weight excluding hydrogens is 310 g/mol. The zero-order chi connectivity index (χ0) is 15.9. The third kappa shape index (κ3) is 2.26. The molecule has 0 spiro atoms. The van der Waals surface area contributed by atoms with Crippen molar-refractivity contribution in [2.24, 2.45) is 0 Å². The third-order valence-corrected chi connectivity index (χ3v) is 4.69. The summed E-state index contributed by atoms with van der Waals surface area (Å²) in [6.45, 7) is 2.65. The molecule has 0 amide bonds. The lowest BCUT2D eigenvalue weighted by atomic mass is 10.3. The Labute approximate surface area is 138 Å². The van der Waals surface area contributed by atoms with Crippen molar-refractivity contribution in [2.75, 3.05) is 31.2 Å². The second-order valence-corrected chi connectivity index (χ2v) is 6.14. The summed E-state index contributed by atoms with van der Waals surface area (Å²) in [5.41, 5.74) is 0.847. The van der Waals surface area contributed by atoms with Crippen molar-refractivity contribution in [3.63, 3.8) is 0 Å². The van der Waals surface area contributed by atoms with E-state index in [-0.39, 0.29) is 18.2 Å². The van der Waals surface area contributed by atoms with Crippen molar-refractivity contribution in [2.45, 2.75) is 18.2 Å². The number of anilines is 1. The van der Waals surface area contributed by atoms with E-state index >= 15 is 0 Å². The van der Waals surface area contributed by atoms with Crippen molar-refractivity contribution in [3.05, 3.63) is 37.2 Å². The fraction of sp³-hybridized carbons (Fsp3) is 0.438. The van der Waals surface area contributed by atoms with Gasteiger partial charge in [-0.15, -0.1) is 0 Å². The summed E-state index contributed by atoms with van der Waals surface area (Å²) in [5.74, 6) is 0.925. The third-order valence-electron chi connectivity index (χ3n) is 4.69. The van der Waals surface area contributed by atoms with Crippen molar-refractivity contribution in [1.82, 2.24) is 19.7 Å². The summed E-state index contributed by atoms with van der Waals surface area (Å²) in [5, 5.41) is 5.20. The number of hydrogen-bond donors (Lipinski definition) is 0. The largest absolute Gasteiger partial charge is 0.464 e. The van der Waals surface area contributed by atoms with Crippen LogP contribution in [0.1, 0.15) is 6.04 Å². The van der Waals surface area contributed by atoms with Gasteiger partial charge in [0.15, 0.2) is 0 Å². The van der Waals surface area contributed by atoms with Crippen LogP contribution in [0.15, 0.2) is 41.7 Å². The van der Waals surface area contributed by atoms with Crippen LogP contribution in [0, 0.1) is 0 Å². The minimum atomic E-state index is 0.0301. The summed E-state index contributed by atoms with van der Waals surface area (Å²) in [6, 6.07) is 3.90. The highest BCUT2D eigenvalue weighted by Crippen LogP contribution is 2.31. The lowest BCUT2D eigenvalue weighted by Gasteiger charge is -2.19. The molecule has 0 aromatic carbocycles. The van der Waals surface area contributed by atoms with E-state index in [4.69, 9.17) is 13.9 Å². The SMILES string of the molecule is c1cc2occc2c(N2C[C@@H]3OCC(n4cncn4)CO[C@H]3C2)n1. The highest BCUT2D eigenvalue weighted by Gasteiger charge is 2.38. The highest BCUT2D eigenvalue weighted by atomic mass is 16.6. The minimum absolute atomic E-state index is 0.0301. The number of fused-ring (bicyclic) bond motifs is 2. The zero-order valence-electron chi connectivity index (χ0n) is 13.0. The molecule has 2 fully saturated rings. The quantitative estimate of drug-likeness (QED) is 0.701. The van der Waals surface area contributed by atoms with Gasteiger partial charge in [-0.2, -0.15) is 5.10 Å². The van der Waals surface area contributed by atoms with Crippen molar-refractivity contribution >= 4 is 16.8 Å². The van der Waals surface area contributed by atoms with Gasteiger partial charge in [-0.3, -0.25) is 0 Å². The number of aromatic nitrogens is 4. The van der Waals surface area contributed by atoms with Gasteiger partial charge in [-0.1, -0.05) is 0 Å². The van der Waals surface area contributed by atoms with Gasteiger partial charge in [0.25, 0.3) is 0 Å².